The van der Waals surface area contributed by atoms with Crippen LogP contribution in [0.2, 0.25) is 0 Å². The third-order valence-electron chi connectivity index (χ3n) is 4.73. The summed E-state index contributed by atoms with van der Waals surface area (Å²) in [5.41, 5.74) is 1.29. The molecule has 0 saturated carbocycles. The van der Waals surface area contributed by atoms with Crippen molar-refractivity contribution in [1.29, 1.82) is 0 Å². The summed E-state index contributed by atoms with van der Waals surface area (Å²) in [5, 5.41) is 6.93. The zero-order valence-electron chi connectivity index (χ0n) is 16.9. The van der Waals surface area contributed by atoms with Crippen LogP contribution in [0.5, 0.6) is 0 Å². The summed E-state index contributed by atoms with van der Waals surface area (Å²) in [6, 6.07) is 10.8. The van der Waals surface area contributed by atoms with Crippen LogP contribution in [0.1, 0.15) is 52.1 Å². The van der Waals surface area contributed by atoms with Gasteiger partial charge in [-0.1, -0.05) is 44.2 Å². The first-order valence-corrected chi connectivity index (χ1v) is 9.90. The molecule has 0 spiro atoms. The van der Waals surface area contributed by atoms with E-state index in [4.69, 9.17) is 4.99 Å². The second-order valence-corrected chi connectivity index (χ2v) is 7.66. The van der Waals surface area contributed by atoms with Crippen molar-refractivity contribution in [3.8, 4) is 0 Å². The molecule has 1 aliphatic rings. The van der Waals surface area contributed by atoms with E-state index < -0.39 is 0 Å². The molecular weight excluding hydrogens is 435 g/mol. The minimum Gasteiger partial charge on any atom is -0.357 e. The van der Waals surface area contributed by atoms with E-state index in [1.165, 1.54) is 38.0 Å². The van der Waals surface area contributed by atoms with Crippen LogP contribution in [0.15, 0.2) is 35.3 Å². The standard InChI is InChI=1S/C21H36N4.HI/c1-5-22-21(24-18(4)20-11-7-6-8-12-20)23-14-19-10-9-13-25(16-19)15-17(2)3;/h6-8,11-12,17-19H,5,9-10,13-16H2,1-4H3,(H2,22,23,24);1H. The first-order valence-electron chi connectivity index (χ1n) is 9.90. The van der Waals surface area contributed by atoms with Gasteiger partial charge in [0.2, 0.25) is 0 Å². The molecule has 2 rings (SSSR count). The number of benzene rings is 1. The lowest BCUT2D eigenvalue weighted by atomic mass is 9.97. The van der Waals surface area contributed by atoms with Gasteiger partial charge < -0.3 is 15.5 Å². The van der Waals surface area contributed by atoms with Crippen LogP contribution < -0.4 is 10.6 Å². The number of hydrogen-bond acceptors (Lipinski definition) is 2. The van der Waals surface area contributed by atoms with Gasteiger partial charge in [-0.15, -0.1) is 24.0 Å². The Morgan fingerprint density at radius 3 is 2.62 bits per heavy atom. The monoisotopic (exact) mass is 472 g/mol. The van der Waals surface area contributed by atoms with Gasteiger partial charge >= 0.3 is 0 Å². The van der Waals surface area contributed by atoms with E-state index in [1.54, 1.807) is 0 Å². The maximum absolute atomic E-state index is 4.88. The molecule has 1 fully saturated rings. The Bertz CT molecular complexity index is 518. The number of guanidine groups is 1. The summed E-state index contributed by atoms with van der Waals surface area (Å²) < 4.78 is 0. The van der Waals surface area contributed by atoms with E-state index in [0.29, 0.717) is 5.92 Å². The first-order chi connectivity index (χ1) is 12.1. The van der Waals surface area contributed by atoms with Gasteiger partial charge in [0.15, 0.2) is 5.96 Å². The molecule has 0 aromatic heterocycles. The molecule has 2 atom stereocenters. The molecular formula is C21H37IN4. The largest absolute Gasteiger partial charge is 0.357 e. The number of likely N-dealkylation sites (tertiary alicyclic amines) is 1. The van der Waals surface area contributed by atoms with Crippen molar-refractivity contribution in [3.05, 3.63) is 35.9 Å². The molecule has 1 saturated heterocycles. The number of nitrogens with one attached hydrogen (secondary N) is 2. The highest BCUT2D eigenvalue weighted by Gasteiger charge is 2.20. The molecule has 26 heavy (non-hydrogen) atoms. The minimum atomic E-state index is 0. The van der Waals surface area contributed by atoms with E-state index in [9.17, 15) is 0 Å². The predicted molar refractivity (Wildman–Crippen MR) is 123 cm³/mol. The normalized spacial score (nSPS) is 19.7. The maximum Gasteiger partial charge on any atom is 0.191 e. The molecule has 148 valence electrons. The van der Waals surface area contributed by atoms with Crippen LogP contribution in [0.25, 0.3) is 0 Å². The Labute approximate surface area is 177 Å². The van der Waals surface area contributed by atoms with Crippen LogP contribution in [0.4, 0.5) is 0 Å². The van der Waals surface area contributed by atoms with Crippen molar-refractivity contribution in [2.75, 3.05) is 32.7 Å². The molecule has 4 nitrogen and oxygen atoms in total. The van der Waals surface area contributed by atoms with Crippen molar-refractivity contribution in [2.45, 2.75) is 46.6 Å². The summed E-state index contributed by atoms with van der Waals surface area (Å²) in [7, 11) is 0. The topological polar surface area (TPSA) is 39.7 Å². The number of hydrogen-bond donors (Lipinski definition) is 2. The van der Waals surface area contributed by atoms with E-state index in [0.717, 1.165) is 25.0 Å². The molecule has 1 aromatic carbocycles. The third kappa shape index (κ3) is 8.25. The molecule has 0 aliphatic carbocycles. The molecule has 2 N–H and O–H groups in total. The predicted octanol–water partition coefficient (Wildman–Crippen LogP) is 4.29. The fraction of sp³-hybridized carbons (Fsp3) is 0.667. The number of rotatable bonds is 7. The van der Waals surface area contributed by atoms with Gasteiger partial charge in [-0.05, 0) is 50.6 Å². The van der Waals surface area contributed by atoms with E-state index in [2.05, 4.69) is 73.6 Å². The van der Waals surface area contributed by atoms with E-state index >= 15 is 0 Å². The summed E-state index contributed by atoms with van der Waals surface area (Å²) in [6.45, 7) is 14.4. The highest BCUT2D eigenvalue weighted by molar-refractivity contribution is 14.0. The lowest BCUT2D eigenvalue weighted by molar-refractivity contribution is 0.162. The van der Waals surface area contributed by atoms with Crippen molar-refractivity contribution in [1.82, 2.24) is 15.5 Å². The van der Waals surface area contributed by atoms with Gasteiger partial charge in [0, 0.05) is 26.2 Å². The van der Waals surface area contributed by atoms with Crippen molar-refractivity contribution in [2.24, 2.45) is 16.8 Å². The highest BCUT2D eigenvalue weighted by Crippen LogP contribution is 2.18. The lowest BCUT2D eigenvalue weighted by Gasteiger charge is -2.33. The zero-order chi connectivity index (χ0) is 18.1. The molecule has 2 unspecified atom stereocenters. The van der Waals surface area contributed by atoms with Crippen molar-refractivity contribution >= 4 is 29.9 Å². The fourth-order valence-electron chi connectivity index (χ4n) is 3.55. The average Bonchev–Trinajstić information content (AvgIpc) is 2.60. The molecule has 1 heterocycles. The number of piperidine rings is 1. The Hall–Kier alpha value is -0.820. The number of aliphatic imine (C=N–C) groups is 1. The van der Waals surface area contributed by atoms with Gasteiger partial charge in [-0.3, -0.25) is 4.99 Å². The second kappa shape index (κ2) is 12.5. The molecule has 0 amide bonds. The van der Waals surface area contributed by atoms with Gasteiger partial charge in [-0.25, -0.2) is 0 Å². The smallest absolute Gasteiger partial charge is 0.191 e. The summed E-state index contributed by atoms with van der Waals surface area (Å²) >= 11 is 0. The molecule has 0 radical (unpaired) electrons. The maximum atomic E-state index is 4.88. The van der Waals surface area contributed by atoms with Gasteiger partial charge in [-0.2, -0.15) is 0 Å². The second-order valence-electron chi connectivity index (χ2n) is 7.66. The highest BCUT2D eigenvalue weighted by atomic mass is 127. The minimum absolute atomic E-state index is 0. The quantitative estimate of drug-likeness (QED) is 0.354. The Morgan fingerprint density at radius 1 is 1.23 bits per heavy atom. The summed E-state index contributed by atoms with van der Waals surface area (Å²) in [6.07, 6.45) is 2.60. The van der Waals surface area contributed by atoms with Crippen LogP contribution in [-0.4, -0.2) is 43.6 Å². The van der Waals surface area contributed by atoms with Crippen LogP contribution in [0.3, 0.4) is 0 Å². The Balaban J connectivity index is 0.00000338. The number of nitrogens with zero attached hydrogens (tertiary/aromatic N) is 2. The van der Waals surface area contributed by atoms with E-state index in [-0.39, 0.29) is 30.0 Å². The van der Waals surface area contributed by atoms with Crippen LogP contribution in [-0.2, 0) is 0 Å². The fourth-order valence-corrected chi connectivity index (χ4v) is 3.55. The zero-order valence-corrected chi connectivity index (χ0v) is 19.2. The van der Waals surface area contributed by atoms with Gasteiger partial charge in [0.1, 0.15) is 0 Å². The van der Waals surface area contributed by atoms with Gasteiger partial charge in [0.25, 0.3) is 0 Å². The van der Waals surface area contributed by atoms with Crippen LogP contribution >= 0.6 is 24.0 Å². The summed E-state index contributed by atoms with van der Waals surface area (Å²) in [5.74, 6) is 2.35. The SMILES string of the molecule is CCNC(=NCC1CCCN(CC(C)C)C1)NC(C)c1ccccc1.I. The van der Waals surface area contributed by atoms with Crippen molar-refractivity contribution < 1.29 is 0 Å². The van der Waals surface area contributed by atoms with Gasteiger partial charge in [0.05, 0.1) is 6.04 Å². The van der Waals surface area contributed by atoms with Crippen LogP contribution in [0, 0.1) is 11.8 Å². The first kappa shape index (κ1) is 23.2. The lowest BCUT2D eigenvalue weighted by Crippen LogP contribution is -2.41. The summed E-state index contributed by atoms with van der Waals surface area (Å²) in [4.78, 5) is 7.50. The number of halogens is 1. The average molecular weight is 472 g/mol. The Morgan fingerprint density at radius 2 is 1.96 bits per heavy atom. The molecule has 1 aliphatic heterocycles. The molecule has 0 bridgehead atoms. The Kier molecular flexibility index (Phi) is 11.2. The molecule has 5 heteroatoms. The van der Waals surface area contributed by atoms with Crippen molar-refractivity contribution in [3.63, 3.8) is 0 Å². The molecule has 1 aromatic rings. The third-order valence-corrected chi connectivity index (χ3v) is 4.73. The van der Waals surface area contributed by atoms with E-state index in [1.807, 2.05) is 0 Å².